The minimum absolute atomic E-state index is 0.153. The van der Waals surface area contributed by atoms with Crippen molar-refractivity contribution in [3.63, 3.8) is 0 Å². The van der Waals surface area contributed by atoms with E-state index in [1.54, 1.807) is 22.9 Å². The van der Waals surface area contributed by atoms with Gasteiger partial charge in [0.15, 0.2) is 0 Å². The third-order valence-electron chi connectivity index (χ3n) is 2.88. The van der Waals surface area contributed by atoms with Crippen molar-refractivity contribution in [3.8, 4) is 0 Å². The number of carboxylic acids is 1. The van der Waals surface area contributed by atoms with Crippen molar-refractivity contribution in [2.75, 3.05) is 5.32 Å². The lowest BCUT2D eigenvalue weighted by atomic mass is 10.2. The van der Waals surface area contributed by atoms with Crippen molar-refractivity contribution >= 4 is 38.9 Å². The Bertz CT molecular complexity index is 798. The SMILES string of the molecule is Cc1cc(Nc2ccc3ncsc3c2)c(C(=O)O)cn1. The normalized spacial score (nSPS) is 10.7. The van der Waals surface area contributed by atoms with Gasteiger partial charge < -0.3 is 10.4 Å². The van der Waals surface area contributed by atoms with Gasteiger partial charge in [0.05, 0.1) is 21.4 Å². The topological polar surface area (TPSA) is 75.1 Å². The Morgan fingerprint density at radius 3 is 2.95 bits per heavy atom. The number of thiazole rings is 1. The third kappa shape index (κ3) is 2.33. The van der Waals surface area contributed by atoms with Crippen LogP contribution < -0.4 is 5.32 Å². The van der Waals surface area contributed by atoms with E-state index in [1.165, 1.54) is 6.20 Å². The van der Waals surface area contributed by atoms with E-state index in [9.17, 15) is 9.90 Å². The van der Waals surface area contributed by atoms with Crippen LogP contribution in [0.4, 0.5) is 11.4 Å². The number of hydrogen-bond acceptors (Lipinski definition) is 5. The van der Waals surface area contributed by atoms with Crippen molar-refractivity contribution in [1.82, 2.24) is 9.97 Å². The van der Waals surface area contributed by atoms with E-state index in [2.05, 4.69) is 15.3 Å². The summed E-state index contributed by atoms with van der Waals surface area (Å²) in [4.78, 5) is 19.4. The zero-order valence-electron chi connectivity index (χ0n) is 10.6. The molecule has 0 spiro atoms. The van der Waals surface area contributed by atoms with Crippen molar-refractivity contribution in [2.45, 2.75) is 6.92 Å². The number of carbonyl (C=O) groups is 1. The summed E-state index contributed by atoms with van der Waals surface area (Å²) in [5, 5.41) is 12.3. The van der Waals surface area contributed by atoms with Gasteiger partial charge in [0.25, 0.3) is 0 Å². The Hall–Kier alpha value is -2.47. The molecule has 6 heteroatoms. The fourth-order valence-electron chi connectivity index (χ4n) is 1.92. The van der Waals surface area contributed by atoms with E-state index in [0.29, 0.717) is 5.69 Å². The maximum absolute atomic E-state index is 11.2. The van der Waals surface area contributed by atoms with Gasteiger partial charge in [-0.05, 0) is 31.2 Å². The minimum Gasteiger partial charge on any atom is -0.478 e. The number of nitrogens with zero attached hydrogens (tertiary/aromatic N) is 2. The van der Waals surface area contributed by atoms with Crippen LogP contribution in [0, 0.1) is 6.92 Å². The first kappa shape index (κ1) is 12.6. The van der Waals surface area contributed by atoms with E-state index in [0.717, 1.165) is 21.6 Å². The summed E-state index contributed by atoms with van der Waals surface area (Å²) >= 11 is 1.55. The molecule has 0 saturated heterocycles. The second-order valence-corrected chi connectivity index (χ2v) is 5.22. The van der Waals surface area contributed by atoms with Crippen LogP contribution in [0.2, 0.25) is 0 Å². The fourth-order valence-corrected chi connectivity index (χ4v) is 2.64. The number of benzene rings is 1. The Kier molecular flexibility index (Phi) is 3.08. The summed E-state index contributed by atoms with van der Waals surface area (Å²) in [5.41, 5.74) is 5.00. The molecule has 5 nitrogen and oxygen atoms in total. The van der Waals surface area contributed by atoms with Crippen LogP contribution in [0.3, 0.4) is 0 Å². The molecule has 0 radical (unpaired) electrons. The standard InChI is InChI=1S/C14H11N3O2S/c1-8-4-12(10(6-15-8)14(18)19)17-9-2-3-11-13(5-9)20-7-16-11/h2-7H,1H3,(H,15,17)(H,18,19). The second kappa shape index (κ2) is 4.90. The molecule has 0 aliphatic heterocycles. The number of fused-ring (bicyclic) bond motifs is 1. The average Bonchev–Trinajstić information content (AvgIpc) is 2.85. The van der Waals surface area contributed by atoms with E-state index in [-0.39, 0.29) is 5.56 Å². The van der Waals surface area contributed by atoms with Crippen LogP contribution in [0.25, 0.3) is 10.2 Å². The van der Waals surface area contributed by atoms with Gasteiger partial charge in [0, 0.05) is 17.6 Å². The molecular formula is C14H11N3O2S. The van der Waals surface area contributed by atoms with Gasteiger partial charge in [0.1, 0.15) is 5.56 Å². The third-order valence-corrected chi connectivity index (χ3v) is 3.67. The van der Waals surface area contributed by atoms with Crippen LogP contribution >= 0.6 is 11.3 Å². The second-order valence-electron chi connectivity index (χ2n) is 4.34. The van der Waals surface area contributed by atoms with Gasteiger partial charge in [-0.25, -0.2) is 9.78 Å². The molecule has 0 unspecified atom stereocenters. The zero-order valence-corrected chi connectivity index (χ0v) is 11.4. The van der Waals surface area contributed by atoms with E-state index >= 15 is 0 Å². The molecule has 0 aliphatic carbocycles. The summed E-state index contributed by atoms with van der Waals surface area (Å²) < 4.78 is 1.05. The van der Waals surface area contributed by atoms with Crippen molar-refractivity contribution < 1.29 is 9.90 Å². The predicted molar refractivity (Wildman–Crippen MR) is 78.8 cm³/mol. The van der Waals surface area contributed by atoms with Gasteiger partial charge in [-0.2, -0.15) is 0 Å². The first-order valence-corrected chi connectivity index (χ1v) is 6.81. The molecule has 2 N–H and O–H groups in total. The summed E-state index contributed by atoms with van der Waals surface area (Å²) in [5.74, 6) is -1.00. The summed E-state index contributed by atoms with van der Waals surface area (Å²) in [6.45, 7) is 1.82. The highest BCUT2D eigenvalue weighted by molar-refractivity contribution is 7.16. The quantitative estimate of drug-likeness (QED) is 0.771. The van der Waals surface area contributed by atoms with Gasteiger partial charge in [-0.3, -0.25) is 4.98 Å². The van der Waals surface area contributed by atoms with E-state index in [1.807, 2.05) is 25.1 Å². The van der Waals surface area contributed by atoms with Gasteiger partial charge in [-0.15, -0.1) is 11.3 Å². The van der Waals surface area contributed by atoms with Gasteiger partial charge >= 0.3 is 5.97 Å². The van der Waals surface area contributed by atoms with Gasteiger partial charge in [0.2, 0.25) is 0 Å². The zero-order chi connectivity index (χ0) is 14.1. The van der Waals surface area contributed by atoms with Crippen molar-refractivity contribution in [3.05, 3.63) is 47.2 Å². The number of anilines is 2. The monoisotopic (exact) mass is 285 g/mol. The molecule has 2 heterocycles. The molecule has 100 valence electrons. The molecule has 0 saturated carbocycles. The molecule has 3 rings (SSSR count). The lowest BCUT2D eigenvalue weighted by Gasteiger charge is -2.10. The first-order valence-electron chi connectivity index (χ1n) is 5.94. The Morgan fingerprint density at radius 2 is 2.15 bits per heavy atom. The van der Waals surface area contributed by atoms with E-state index in [4.69, 9.17) is 0 Å². The highest BCUT2D eigenvalue weighted by Gasteiger charge is 2.11. The molecule has 0 aliphatic rings. The predicted octanol–water partition coefficient (Wildman–Crippen LogP) is 3.44. The van der Waals surface area contributed by atoms with Gasteiger partial charge in [-0.1, -0.05) is 0 Å². The maximum atomic E-state index is 11.2. The molecule has 2 aromatic heterocycles. The number of rotatable bonds is 3. The van der Waals surface area contributed by atoms with Crippen molar-refractivity contribution in [2.24, 2.45) is 0 Å². The van der Waals surface area contributed by atoms with E-state index < -0.39 is 5.97 Å². The highest BCUT2D eigenvalue weighted by atomic mass is 32.1. The minimum atomic E-state index is -1.00. The number of aromatic carboxylic acids is 1. The van der Waals surface area contributed by atoms with Crippen LogP contribution in [0.15, 0.2) is 36.0 Å². The number of nitrogens with one attached hydrogen (secondary N) is 1. The number of aryl methyl sites for hydroxylation is 1. The molecule has 0 atom stereocenters. The van der Waals surface area contributed by atoms with Crippen LogP contribution in [0.1, 0.15) is 16.1 Å². The van der Waals surface area contributed by atoms with Crippen LogP contribution in [-0.2, 0) is 0 Å². The smallest absolute Gasteiger partial charge is 0.339 e. The maximum Gasteiger partial charge on any atom is 0.339 e. The lowest BCUT2D eigenvalue weighted by molar-refractivity contribution is 0.0697. The Balaban J connectivity index is 2.01. The lowest BCUT2D eigenvalue weighted by Crippen LogP contribution is -2.04. The van der Waals surface area contributed by atoms with Crippen molar-refractivity contribution in [1.29, 1.82) is 0 Å². The number of carboxylic acid groups (broad SMARTS) is 1. The fraction of sp³-hybridized carbons (Fsp3) is 0.0714. The summed E-state index contributed by atoms with van der Waals surface area (Å²) in [6.07, 6.45) is 1.37. The molecule has 0 bridgehead atoms. The largest absolute Gasteiger partial charge is 0.478 e. The highest BCUT2D eigenvalue weighted by Crippen LogP contribution is 2.26. The summed E-state index contributed by atoms with van der Waals surface area (Å²) in [7, 11) is 0. The molecular weight excluding hydrogens is 274 g/mol. The van der Waals surface area contributed by atoms with Crippen LogP contribution in [-0.4, -0.2) is 21.0 Å². The average molecular weight is 285 g/mol. The first-order chi connectivity index (χ1) is 9.63. The Morgan fingerprint density at radius 1 is 1.30 bits per heavy atom. The number of pyridine rings is 1. The molecule has 20 heavy (non-hydrogen) atoms. The molecule has 0 amide bonds. The molecule has 0 fully saturated rings. The Labute approximate surface area is 118 Å². The molecule has 3 aromatic rings. The summed E-state index contributed by atoms with van der Waals surface area (Å²) in [6, 6.07) is 7.46. The van der Waals surface area contributed by atoms with Crippen LogP contribution in [0.5, 0.6) is 0 Å². The number of hydrogen-bond donors (Lipinski definition) is 2. The molecule has 1 aromatic carbocycles. The number of aromatic nitrogens is 2.